The number of hydrogen-bond donors (Lipinski definition) is 1. The van der Waals surface area contributed by atoms with E-state index in [1.54, 1.807) is 0 Å². The number of rotatable bonds is 7. The van der Waals surface area contributed by atoms with Crippen molar-refractivity contribution in [2.24, 2.45) is 0 Å². The maximum Gasteiger partial charge on any atom is 0.264 e. The summed E-state index contributed by atoms with van der Waals surface area (Å²) in [6, 6.07) is 8.39. The molecule has 0 spiro atoms. The summed E-state index contributed by atoms with van der Waals surface area (Å²) in [5.41, 5.74) is 1.24. The SMILES string of the molecule is CCNC(C)c1ccc(OCc2nc(CC)no2)cc1. The van der Waals surface area contributed by atoms with Crippen molar-refractivity contribution in [3.8, 4) is 5.75 Å². The second-order valence-electron chi connectivity index (χ2n) is 4.59. The number of benzene rings is 1. The topological polar surface area (TPSA) is 60.2 Å². The minimum absolute atomic E-state index is 0.301. The van der Waals surface area contributed by atoms with Crippen LogP contribution in [0.15, 0.2) is 28.8 Å². The fourth-order valence-corrected chi connectivity index (χ4v) is 1.91. The standard InChI is InChI=1S/C15H21N3O2/c1-4-14-17-15(20-18-14)10-19-13-8-6-12(7-9-13)11(3)16-5-2/h6-9,11,16H,4-5,10H2,1-3H3. The first kappa shape index (κ1) is 14.5. The van der Waals surface area contributed by atoms with E-state index in [1.807, 2.05) is 19.1 Å². The van der Waals surface area contributed by atoms with E-state index in [0.29, 0.717) is 24.4 Å². The number of aryl methyl sites for hydroxylation is 1. The zero-order valence-electron chi connectivity index (χ0n) is 12.2. The number of hydrogen-bond acceptors (Lipinski definition) is 5. The Hall–Kier alpha value is -1.88. The summed E-state index contributed by atoms with van der Waals surface area (Å²) in [6.45, 7) is 7.48. The van der Waals surface area contributed by atoms with Crippen LogP contribution < -0.4 is 10.1 Å². The monoisotopic (exact) mass is 275 g/mol. The maximum absolute atomic E-state index is 5.63. The molecule has 1 N–H and O–H groups in total. The molecule has 1 unspecified atom stereocenters. The van der Waals surface area contributed by atoms with Gasteiger partial charge in [-0.05, 0) is 31.2 Å². The first-order valence-corrected chi connectivity index (χ1v) is 7.00. The lowest BCUT2D eigenvalue weighted by Crippen LogP contribution is -2.17. The Morgan fingerprint density at radius 1 is 1.25 bits per heavy atom. The van der Waals surface area contributed by atoms with Crippen LogP contribution in [0.25, 0.3) is 0 Å². The average Bonchev–Trinajstić information content (AvgIpc) is 2.94. The summed E-state index contributed by atoms with van der Waals surface area (Å²) in [6.07, 6.45) is 0.764. The van der Waals surface area contributed by atoms with Crippen LogP contribution in [0.1, 0.15) is 44.1 Å². The third-order valence-corrected chi connectivity index (χ3v) is 3.08. The third-order valence-electron chi connectivity index (χ3n) is 3.08. The minimum atomic E-state index is 0.301. The number of nitrogens with one attached hydrogen (secondary N) is 1. The molecule has 108 valence electrons. The second-order valence-corrected chi connectivity index (χ2v) is 4.59. The van der Waals surface area contributed by atoms with Crippen molar-refractivity contribution in [2.45, 2.75) is 39.8 Å². The van der Waals surface area contributed by atoms with Crippen molar-refractivity contribution < 1.29 is 9.26 Å². The molecule has 1 aromatic heterocycles. The molecule has 0 bridgehead atoms. The normalized spacial score (nSPS) is 12.3. The summed E-state index contributed by atoms with van der Waals surface area (Å²) < 4.78 is 10.7. The van der Waals surface area contributed by atoms with Gasteiger partial charge in [0.1, 0.15) is 5.75 Å². The van der Waals surface area contributed by atoms with Gasteiger partial charge in [0.2, 0.25) is 0 Å². The van der Waals surface area contributed by atoms with Gasteiger partial charge in [0.25, 0.3) is 5.89 Å². The fourth-order valence-electron chi connectivity index (χ4n) is 1.91. The lowest BCUT2D eigenvalue weighted by Gasteiger charge is -2.13. The Morgan fingerprint density at radius 3 is 2.60 bits per heavy atom. The molecule has 0 aliphatic heterocycles. The smallest absolute Gasteiger partial charge is 0.264 e. The van der Waals surface area contributed by atoms with E-state index in [1.165, 1.54) is 5.56 Å². The van der Waals surface area contributed by atoms with Gasteiger partial charge < -0.3 is 14.6 Å². The predicted octanol–water partition coefficient (Wildman–Crippen LogP) is 2.88. The van der Waals surface area contributed by atoms with E-state index in [0.717, 1.165) is 18.7 Å². The van der Waals surface area contributed by atoms with E-state index < -0.39 is 0 Å². The summed E-state index contributed by atoms with van der Waals surface area (Å²) in [4.78, 5) is 4.20. The van der Waals surface area contributed by atoms with Gasteiger partial charge in [-0.1, -0.05) is 31.1 Å². The van der Waals surface area contributed by atoms with E-state index in [-0.39, 0.29) is 0 Å². The molecule has 0 radical (unpaired) electrons. The van der Waals surface area contributed by atoms with Gasteiger partial charge in [-0.15, -0.1) is 0 Å². The highest BCUT2D eigenvalue weighted by molar-refractivity contribution is 5.28. The van der Waals surface area contributed by atoms with Crippen molar-refractivity contribution in [1.82, 2.24) is 15.5 Å². The highest BCUT2D eigenvalue weighted by Crippen LogP contribution is 2.18. The fraction of sp³-hybridized carbons (Fsp3) is 0.467. The van der Waals surface area contributed by atoms with Gasteiger partial charge in [-0.25, -0.2) is 0 Å². The predicted molar refractivity (Wildman–Crippen MR) is 76.5 cm³/mol. The molecule has 2 rings (SSSR count). The summed E-state index contributed by atoms with van der Waals surface area (Å²) in [5.74, 6) is 2.01. The Labute approximate surface area is 119 Å². The van der Waals surface area contributed by atoms with E-state index in [4.69, 9.17) is 9.26 Å². The zero-order valence-corrected chi connectivity index (χ0v) is 12.2. The van der Waals surface area contributed by atoms with Crippen molar-refractivity contribution in [3.05, 3.63) is 41.5 Å². The molecule has 0 aliphatic carbocycles. The first-order chi connectivity index (χ1) is 9.72. The summed E-state index contributed by atoms with van der Waals surface area (Å²) in [5, 5.41) is 7.20. The molecule has 5 heteroatoms. The van der Waals surface area contributed by atoms with Crippen LogP contribution in [-0.4, -0.2) is 16.7 Å². The Bertz CT molecular complexity index is 522. The molecule has 1 heterocycles. The molecule has 1 atom stereocenters. The minimum Gasteiger partial charge on any atom is -0.484 e. The van der Waals surface area contributed by atoms with Crippen LogP contribution in [0.4, 0.5) is 0 Å². The first-order valence-electron chi connectivity index (χ1n) is 7.00. The molecule has 1 aromatic carbocycles. The van der Waals surface area contributed by atoms with Gasteiger partial charge in [0, 0.05) is 12.5 Å². The number of aromatic nitrogens is 2. The van der Waals surface area contributed by atoms with Gasteiger partial charge in [-0.3, -0.25) is 0 Å². The Balaban J connectivity index is 1.90. The van der Waals surface area contributed by atoms with Crippen LogP contribution in [0.2, 0.25) is 0 Å². The average molecular weight is 275 g/mol. The van der Waals surface area contributed by atoms with Gasteiger partial charge in [-0.2, -0.15) is 4.98 Å². The molecule has 2 aromatic rings. The van der Waals surface area contributed by atoms with Gasteiger partial charge in [0.15, 0.2) is 12.4 Å². The molecule has 20 heavy (non-hydrogen) atoms. The van der Waals surface area contributed by atoms with Crippen LogP contribution in [0.5, 0.6) is 5.75 Å². The lowest BCUT2D eigenvalue weighted by atomic mass is 10.1. The molecular formula is C15H21N3O2. The van der Waals surface area contributed by atoms with E-state index in [9.17, 15) is 0 Å². The molecule has 0 saturated heterocycles. The quantitative estimate of drug-likeness (QED) is 0.842. The number of ether oxygens (including phenoxy) is 1. The zero-order chi connectivity index (χ0) is 14.4. The van der Waals surface area contributed by atoms with E-state index in [2.05, 4.69) is 41.4 Å². The van der Waals surface area contributed by atoms with Crippen LogP contribution in [0, 0.1) is 0 Å². The molecule has 5 nitrogen and oxygen atoms in total. The third kappa shape index (κ3) is 3.81. The van der Waals surface area contributed by atoms with Crippen LogP contribution in [0.3, 0.4) is 0 Å². The van der Waals surface area contributed by atoms with Crippen LogP contribution in [-0.2, 0) is 13.0 Å². The van der Waals surface area contributed by atoms with Crippen LogP contribution >= 0.6 is 0 Å². The molecule has 0 saturated carbocycles. The molecule has 0 amide bonds. The lowest BCUT2D eigenvalue weighted by molar-refractivity contribution is 0.242. The maximum atomic E-state index is 5.63. The highest BCUT2D eigenvalue weighted by atomic mass is 16.5. The summed E-state index contributed by atoms with van der Waals surface area (Å²) in [7, 11) is 0. The van der Waals surface area contributed by atoms with Crippen molar-refractivity contribution in [3.63, 3.8) is 0 Å². The van der Waals surface area contributed by atoms with Crippen molar-refractivity contribution >= 4 is 0 Å². The molecular weight excluding hydrogens is 254 g/mol. The Morgan fingerprint density at radius 2 is 2.00 bits per heavy atom. The molecule has 0 aliphatic rings. The Kier molecular flexibility index (Phi) is 5.12. The largest absolute Gasteiger partial charge is 0.484 e. The highest BCUT2D eigenvalue weighted by Gasteiger charge is 2.06. The summed E-state index contributed by atoms with van der Waals surface area (Å²) >= 11 is 0. The van der Waals surface area contributed by atoms with Gasteiger partial charge in [0.05, 0.1) is 0 Å². The molecule has 0 fully saturated rings. The van der Waals surface area contributed by atoms with Crippen molar-refractivity contribution in [2.75, 3.05) is 6.54 Å². The van der Waals surface area contributed by atoms with E-state index >= 15 is 0 Å². The second kappa shape index (κ2) is 7.05. The number of nitrogens with zero attached hydrogens (tertiary/aromatic N) is 2. The van der Waals surface area contributed by atoms with Gasteiger partial charge >= 0.3 is 0 Å². The van der Waals surface area contributed by atoms with Crippen molar-refractivity contribution in [1.29, 1.82) is 0 Å².